The lowest BCUT2D eigenvalue weighted by Crippen LogP contribution is -2.01. The first-order chi connectivity index (χ1) is 10.9. The van der Waals surface area contributed by atoms with Gasteiger partial charge in [-0.3, -0.25) is 4.40 Å². The molecule has 2 heterocycles. The molecular formula is C18H15N3S. The van der Waals surface area contributed by atoms with Crippen LogP contribution in [0.4, 0.5) is 0 Å². The van der Waals surface area contributed by atoms with Gasteiger partial charge in [-0.2, -0.15) is 0 Å². The largest absolute Gasteiger partial charge is 0.325 e. The van der Waals surface area contributed by atoms with Crippen LogP contribution in [0.1, 0.15) is 5.69 Å². The van der Waals surface area contributed by atoms with Crippen LogP contribution in [0.25, 0.3) is 27.3 Å². The van der Waals surface area contributed by atoms with Gasteiger partial charge in [0.2, 0.25) is 0 Å². The lowest BCUT2D eigenvalue weighted by Gasteiger charge is -2.05. The number of hydrogen-bond acceptors (Lipinski definition) is 3. The van der Waals surface area contributed by atoms with Crippen LogP contribution >= 0.6 is 11.3 Å². The van der Waals surface area contributed by atoms with Gasteiger partial charge in [0.05, 0.1) is 11.4 Å². The molecule has 0 atom stereocenters. The molecule has 2 aromatic heterocycles. The number of hydrogen-bond donors (Lipinski definition) is 1. The molecular weight excluding hydrogens is 290 g/mol. The molecule has 0 aliphatic rings. The third kappa shape index (κ3) is 2.13. The second kappa shape index (κ2) is 5.40. The maximum absolute atomic E-state index is 5.92. The first-order valence-electron chi connectivity index (χ1n) is 7.17. The van der Waals surface area contributed by atoms with Gasteiger partial charge < -0.3 is 5.73 Å². The Labute approximate surface area is 132 Å². The zero-order valence-electron chi connectivity index (χ0n) is 11.9. The van der Waals surface area contributed by atoms with Gasteiger partial charge in [-0.05, 0) is 11.1 Å². The summed E-state index contributed by atoms with van der Waals surface area (Å²) in [4.78, 5) is 5.71. The van der Waals surface area contributed by atoms with Crippen LogP contribution < -0.4 is 5.73 Å². The molecule has 0 bridgehead atoms. The molecule has 2 aromatic carbocycles. The molecule has 0 unspecified atom stereocenters. The smallest absolute Gasteiger partial charge is 0.194 e. The van der Waals surface area contributed by atoms with Gasteiger partial charge in [0, 0.05) is 23.7 Å². The van der Waals surface area contributed by atoms with Crippen LogP contribution in [0.15, 0.2) is 66.2 Å². The standard InChI is InChI=1S/C18H15N3S/c19-12-16-17(20-18-21(16)10-11-22-18)15-8-6-14(7-9-15)13-4-2-1-3-5-13/h1-11H,12,19H2. The molecule has 0 spiro atoms. The molecule has 0 saturated heterocycles. The van der Waals surface area contributed by atoms with Crippen molar-refractivity contribution in [3.8, 4) is 22.4 Å². The van der Waals surface area contributed by atoms with Gasteiger partial charge in [0.15, 0.2) is 4.96 Å². The van der Waals surface area contributed by atoms with Crippen molar-refractivity contribution in [2.75, 3.05) is 0 Å². The SMILES string of the molecule is NCc1c(-c2ccc(-c3ccccc3)cc2)nc2sccn12. The number of nitrogens with zero attached hydrogens (tertiary/aromatic N) is 2. The van der Waals surface area contributed by atoms with E-state index < -0.39 is 0 Å². The predicted octanol–water partition coefficient (Wildman–Crippen LogP) is 4.19. The maximum atomic E-state index is 5.92. The predicted molar refractivity (Wildman–Crippen MR) is 91.8 cm³/mol. The molecule has 4 aromatic rings. The number of benzene rings is 2. The van der Waals surface area contributed by atoms with Crippen molar-refractivity contribution in [2.45, 2.75) is 6.54 Å². The van der Waals surface area contributed by atoms with Gasteiger partial charge in [0.1, 0.15) is 0 Å². The fourth-order valence-corrected chi connectivity index (χ4v) is 3.44. The minimum Gasteiger partial charge on any atom is -0.325 e. The summed E-state index contributed by atoms with van der Waals surface area (Å²) in [5.41, 5.74) is 11.5. The average Bonchev–Trinajstić information content (AvgIpc) is 3.16. The van der Waals surface area contributed by atoms with Crippen LogP contribution in [0.2, 0.25) is 0 Å². The van der Waals surface area contributed by atoms with E-state index >= 15 is 0 Å². The van der Waals surface area contributed by atoms with E-state index in [2.05, 4.69) is 52.9 Å². The first kappa shape index (κ1) is 13.2. The molecule has 22 heavy (non-hydrogen) atoms. The van der Waals surface area contributed by atoms with Crippen LogP contribution in [-0.4, -0.2) is 9.38 Å². The van der Waals surface area contributed by atoms with E-state index in [1.807, 2.05) is 17.6 Å². The average molecular weight is 305 g/mol. The monoisotopic (exact) mass is 305 g/mol. The van der Waals surface area contributed by atoms with Gasteiger partial charge >= 0.3 is 0 Å². The Hall–Kier alpha value is -2.43. The molecule has 4 rings (SSSR count). The van der Waals surface area contributed by atoms with Gasteiger partial charge in [0.25, 0.3) is 0 Å². The van der Waals surface area contributed by atoms with E-state index in [1.165, 1.54) is 11.1 Å². The molecule has 0 fully saturated rings. The molecule has 0 amide bonds. The van der Waals surface area contributed by atoms with E-state index in [4.69, 9.17) is 10.7 Å². The number of rotatable bonds is 3. The zero-order valence-corrected chi connectivity index (χ0v) is 12.8. The van der Waals surface area contributed by atoms with Crippen molar-refractivity contribution < 1.29 is 0 Å². The summed E-state index contributed by atoms with van der Waals surface area (Å²) in [7, 11) is 0. The lowest BCUT2D eigenvalue weighted by atomic mass is 10.0. The Bertz CT molecular complexity index is 905. The van der Waals surface area contributed by atoms with Crippen molar-refractivity contribution in [3.63, 3.8) is 0 Å². The third-order valence-electron chi connectivity index (χ3n) is 3.82. The highest BCUT2D eigenvalue weighted by Crippen LogP contribution is 2.28. The zero-order chi connectivity index (χ0) is 14.9. The molecule has 0 saturated carbocycles. The number of fused-ring (bicyclic) bond motifs is 1. The van der Waals surface area contributed by atoms with E-state index in [9.17, 15) is 0 Å². The Morgan fingerprint density at radius 1 is 0.909 bits per heavy atom. The van der Waals surface area contributed by atoms with Gasteiger partial charge in [-0.1, -0.05) is 54.6 Å². The van der Waals surface area contributed by atoms with Crippen molar-refractivity contribution in [2.24, 2.45) is 5.73 Å². The minimum atomic E-state index is 0.480. The fraction of sp³-hybridized carbons (Fsp3) is 0.0556. The Balaban J connectivity index is 1.77. The Morgan fingerprint density at radius 2 is 1.59 bits per heavy atom. The van der Waals surface area contributed by atoms with Crippen molar-refractivity contribution in [1.82, 2.24) is 9.38 Å². The summed E-state index contributed by atoms with van der Waals surface area (Å²) in [6.45, 7) is 0.480. The Kier molecular flexibility index (Phi) is 3.25. The van der Waals surface area contributed by atoms with Crippen LogP contribution in [0.3, 0.4) is 0 Å². The summed E-state index contributed by atoms with van der Waals surface area (Å²) in [6, 6.07) is 18.9. The molecule has 3 nitrogen and oxygen atoms in total. The highest BCUT2D eigenvalue weighted by molar-refractivity contribution is 7.15. The van der Waals surface area contributed by atoms with E-state index in [0.717, 1.165) is 21.9 Å². The molecule has 0 aliphatic carbocycles. The maximum Gasteiger partial charge on any atom is 0.194 e. The minimum absolute atomic E-state index is 0.480. The van der Waals surface area contributed by atoms with E-state index in [0.29, 0.717) is 6.54 Å². The van der Waals surface area contributed by atoms with Crippen LogP contribution in [-0.2, 0) is 6.54 Å². The van der Waals surface area contributed by atoms with E-state index in [-0.39, 0.29) is 0 Å². The Morgan fingerprint density at radius 3 is 2.32 bits per heavy atom. The van der Waals surface area contributed by atoms with Crippen molar-refractivity contribution in [1.29, 1.82) is 0 Å². The van der Waals surface area contributed by atoms with Gasteiger partial charge in [-0.25, -0.2) is 4.98 Å². The summed E-state index contributed by atoms with van der Waals surface area (Å²) in [5, 5.41) is 2.03. The molecule has 0 aliphatic heterocycles. The topological polar surface area (TPSA) is 43.3 Å². The lowest BCUT2D eigenvalue weighted by molar-refractivity contribution is 0.970. The number of nitrogens with two attached hydrogens (primary N) is 1. The summed E-state index contributed by atoms with van der Waals surface area (Å²) < 4.78 is 2.07. The summed E-state index contributed by atoms with van der Waals surface area (Å²) >= 11 is 1.63. The van der Waals surface area contributed by atoms with Crippen molar-refractivity contribution >= 4 is 16.3 Å². The number of thiazole rings is 1. The second-order valence-corrected chi connectivity index (χ2v) is 5.98. The molecule has 108 valence electrons. The number of imidazole rings is 1. The third-order valence-corrected chi connectivity index (χ3v) is 4.58. The summed E-state index contributed by atoms with van der Waals surface area (Å²) in [5.74, 6) is 0. The second-order valence-electron chi connectivity index (χ2n) is 5.11. The molecule has 4 heteroatoms. The normalized spacial score (nSPS) is 11.1. The molecule has 2 N–H and O–H groups in total. The quantitative estimate of drug-likeness (QED) is 0.617. The summed E-state index contributed by atoms with van der Waals surface area (Å²) in [6.07, 6.45) is 2.02. The fourth-order valence-electron chi connectivity index (χ4n) is 2.71. The van der Waals surface area contributed by atoms with Crippen LogP contribution in [0.5, 0.6) is 0 Å². The first-order valence-corrected chi connectivity index (χ1v) is 8.05. The highest BCUT2D eigenvalue weighted by atomic mass is 32.1. The van der Waals surface area contributed by atoms with Crippen molar-refractivity contribution in [3.05, 3.63) is 71.9 Å². The van der Waals surface area contributed by atoms with Crippen LogP contribution in [0, 0.1) is 0 Å². The number of aromatic nitrogens is 2. The van der Waals surface area contributed by atoms with Gasteiger partial charge in [-0.15, -0.1) is 11.3 Å². The highest BCUT2D eigenvalue weighted by Gasteiger charge is 2.13. The van der Waals surface area contributed by atoms with E-state index in [1.54, 1.807) is 11.3 Å². The molecule has 0 radical (unpaired) electrons.